The summed E-state index contributed by atoms with van der Waals surface area (Å²) < 4.78 is 10.6. The Morgan fingerprint density at radius 1 is 1.37 bits per heavy atom. The van der Waals surface area contributed by atoms with Gasteiger partial charge in [0, 0.05) is 30.9 Å². The van der Waals surface area contributed by atoms with Gasteiger partial charge in [-0.05, 0) is 38.5 Å². The lowest BCUT2D eigenvalue weighted by atomic mass is 10.1. The number of rotatable bonds is 4. The van der Waals surface area contributed by atoms with E-state index in [4.69, 9.17) is 9.47 Å². The Morgan fingerprint density at radius 3 is 2.81 bits per heavy atom. The second-order valence-corrected chi connectivity index (χ2v) is 7.64. The average Bonchev–Trinajstić information content (AvgIpc) is 2.60. The maximum Gasteiger partial charge on any atom is 0.331 e. The number of pyridine rings is 1. The van der Waals surface area contributed by atoms with Crippen LogP contribution in [0.4, 0.5) is 10.6 Å². The van der Waals surface area contributed by atoms with Crippen molar-refractivity contribution < 1.29 is 19.1 Å². The molecule has 27 heavy (non-hydrogen) atoms. The molecule has 0 atom stereocenters. The highest BCUT2D eigenvalue weighted by Crippen LogP contribution is 2.23. The Labute approximate surface area is 159 Å². The molecule has 0 bridgehead atoms. The van der Waals surface area contributed by atoms with Gasteiger partial charge in [-0.3, -0.25) is 10.2 Å². The Bertz CT molecular complexity index is 736. The molecule has 3 heterocycles. The van der Waals surface area contributed by atoms with Gasteiger partial charge >= 0.3 is 12.0 Å². The molecule has 0 unspecified atom stereocenters. The maximum atomic E-state index is 12.3. The smallest absolute Gasteiger partial charge is 0.331 e. The van der Waals surface area contributed by atoms with E-state index in [0.29, 0.717) is 32.2 Å². The third-order valence-corrected chi connectivity index (χ3v) is 4.15. The van der Waals surface area contributed by atoms with Crippen molar-refractivity contribution >= 4 is 23.9 Å². The quantitative estimate of drug-likeness (QED) is 0.642. The molecule has 8 nitrogen and oxygen atoms in total. The normalized spacial score (nSPS) is 18.3. The fraction of sp³-hybridized carbons (Fsp3) is 0.526. The number of carbonyl (C=O) groups is 2. The Hall–Kier alpha value is -2.45. The fourth-order valence-corrected chi connectivity index (χ4v) is 2.91. The van der Waals surface area contributed by atoms with Crippen LogP contribution in [0.15, 0.2) is 18.3 Å². The van der Waals surface area contributed by atoms with E-state index in [0.717, 1.165) is 24.2 Å². The van der Waals surface area contributed by atoms with Crippen molar-refractivity contribution in [1.82, 2.24) is 14.8 Å². The predicted octanol–water partition coefficient (Wildman–Crippen LogP) is 2.07. The number of hydrogen-bond donors (Lipinski definition) is 1. The van der Waals surface area contributed by atoms with Gasteiger partial charge in [0.05, 0.1) is 26.4 Å². The van der Waals surface area contributed by atoms with Crippen molar-refractivity contribution in [2.75, 3.05) is 38.3 Å². The topological polar surface area (TPSA) is 84.0 Å². The third kappa shape index (κ3) is 5.51. The first kappa shape index (κ1) is 19.3. The molecule has 1 aromatic heterocycles. The molecule has 0 radical (unpaired) electrons. The molecule has 1 fully saturated rings. The molecule has 0 saturated carbocycles. The van der Waals surface area contributed by atoms with Crippen molar-refractivity contribution in [3.63, 3.8) is 0 Å². The molecule has 0 aromatic carbocycles. The van der Waals surface area contributed by atoms with Gasteiger partial charge in [-0.1, -0.05) is 0 Å². The lowest BCUT2D eigenvalue weighted by molar-refractivity contribution is -0.148. The summed E-state index contributed by atoms with van der Waals surface area (Å²) in [6.07, 6.45) is 4.68. The Morgan fingerprint density at radius 2 is 2.11 bits per heavy atom. The summed E-state index contributed by atoms with van der Waals surface area (Å²) in [6.45, 7) is 9.49. The van der Waals surface area contributed by atoms with E-state index in [2.05, 4.69) is 15.2 Å². The molecule has 8 heteroatoms. The highest BCUT2D eigenvalue weighted by Gasteiger charge is 2.26. The molecule has 1 aromatic rings. The van der Waals surface area contributed by atoms with Crippen molar-refractivity contribution in [2.45, 2.75) is 32.9 Å². The highest BCUT2D eigenvalue weighted by atomic mass is 16.6. The summed E-state index contributed by atoms with van der Waals surface area (Å²) in [4.78, 5) is 32.4. The number of esters is 1. The maximum absolute atomic E-state index is 12.3. The number of aromatic nitrogens is 1. The van der Waals surface area contributed by atoms with Crippen molar-refractivity contribution in [3.8, 4) is 0 Å². The fourth-order valence-electron chi connectivity index (χ4n) is 2.91. The van der Waals surface area contributed by atoms with Crippen LogP contribution in [0.5, 0.6) is 0 Å². The summed E-state index contributed by atoms with van der Waals surface area (Å²) in [5.74, 6) is 0.162. The first-order chi connectivity index (χ1) is 12.8. The molecular weight excluding hydrogens is 348 g/mol. The van der Waals surface area contributed by atoms with Crippen LogP contribution >= 0.6 is 0 Å². The number of carbonyl (C=O) groups excluding carboxylic acids is 2. The largest absolute Gasteiger partial charge is 0.457 e. The van der Waals surface area contributed by atoms with Crippen LogP contribution in [0.3, 0.4) is 0 Å². The van der Waals surface area contributed by atoms with Crippen molar-refractivity contribution in [1.29, 1.82) is 0 Å². The summed E-state index contributed by atoms with van der Waals surface area (Å²) in [5.41, 5.74) is 1.16. The molecule has 2 aliphatic rings. The van der Waals surface area contributed by atoms with E-state index in [1.807, 2.05) is 26.8 Å². The zero-order chi connectivity index (χ0) is 19.4. The van der Waals surface area contributed by atoms with Crippen LogP contribution in [0.1, 0.15) is 31.9 Å². The Kier molecular flexibility index (Phi) is 5.76. The minimum absolute atomic E-state index is 0.154. The zero-order valence-electron chi connectivity index (χ0n) is 16.0. The van der Waals surface area contributed by atoms with Gasteiger partial charge in [0.15, 0.2) is 0 Å². The molecule has 1 saturated heterocycles. The Balaban J connectivity index is 1.66. The molecule has 0 spiro atoms. The third-order valence-electron chi connectivity index (χ3n) is 4.15. The van der Waals surface area contributed by atoms with Crippen LogP contribution in [0.25, 0.3) is 6.08 Å². The summed E-state index contributed by atoms with van der Waals surface area (Å²) in [6, 6.07) is 1.77. The molecule has 0 aliphatic carbocycles. The van der Waals surface area contributed by atoms with Crippen LogP contribution in [-0.4, -0.2) is 65.4 Å². The number of anilines is 1. The minimum Gasteiger partial charge on any atom is -0.457 e. The van der Waals surface area contributed by atoms with Gasteiger partial charge in [-0.15, -0.1) is 0 Å². The highest BCUT2D eigenvalue weighted by molar-refractivity contribution is 5.91. The summed E-state index contributed by atoms with van der Waals surface area (Å²) in [5, 5.41) is 2.82. The van der Waals surface area contributed by atoms with E-state index in [-0.39, 0.29) is 6.03 Å². The van der Waals surface area contributed by atoms with Crippen LogP contribution in [0, 0.1) is 0 Å². The standard InChI is InChI=1S/C19H26N4O4/c1-19(2,3)27-16(24)5-4-14-10-15-12-23(13-22-6-8-26-9-7-22)18(25)21-17(15)20-11-14/h4-5,10-11H,6-9,12-13H2,1-3H3,(H,20,21,25)/b5-4+. The second-order valence-electron chi connectivity index (χ2n) is 7.64. The SMILES string of the molecule is CC(C)(C)OC(=O)/C=C/c1cnc2c(c1)CN(CN1CCOCC1)C(=O)N2. The van der Waals surface area contributed by atoms with Crippen LogP contribution in [-0.2, 0) is 20.8 Å². The van der Waals surface area contributed by atoms with Gasteiger partial charge in [-0.2, -0.15) is 0 Å². The second kappa shape index (κ2) is 8.06. The van der Waals surface area contributed by atoms with Crippen molar-refractivity contribution in [2.24, 2.45) is 0 Å². The molecule has 1 N–H and O–H groups in total. The van der Waals surface area contributed by atoms with Crippen LogP contribution in [0.2, 0.25) is 0 Å². The summed E-state index contributed by atoms with van der Waals surface area (Å²) >= 11 is 0. The number of ether oxygens (including phenoxy) is 2. The van der Waals surface area contributed by atoms with Gasteiger partial charge in [-0.25, -0.2) is 14.6 Å². The number of nitrogens with one attached hydrogen (secondary N) is 1. The van der Waals surface area contributed by atoms with E-state index >= 15 is 0 Å². The van der Waals surface area contributed by atoms with E-state index in [9.17, 15) is 9.59 Å². The van der Waals surface area contributed by atoms with Gasteiger partial charge in [0.2, 0.25) is 0 Å². The zero-order valence-corrected chi connectivity index (χ0v) is 16.0. The van der Waals surface area contributed by atoms with Gasteiger partial charge in [0.25, 0.3) is 0 Å². The van der Waals surface area contributed by atoms with Crippen LogP contribution < -0.4 is 5.32 Å². The number of morpholine rings is 1. The molecule has 2 aliphatic heterocycles. The van der Waals surface area contributed by atoms with E-state index in [1.54, 1.807) is 17.2 Å². The lowest BCUT2D eigenvalue weighted by Crippen LogP contribution is -2.48. The van der Waals surface area contributed by atoms with E-state index < -0.39 is 11.6 Å². The first-order valence-electron chi connectivity index (χ1n) is 9.06. The average molecular weight is 374 g/mol. The molecular formula is C19H26N4O4. The lowest BCUT2D eigenvalue weighted by Gasteiger charge is -2.35. The minimum atomic E-state index is -0.528. The molecule has 3 rings (SSSR count). The van der Waals surface area contributed by atoms with E-state index in [1.165, 1.54) is 6.08 Å². The number of urea groups is 1. The first-order valence-corrected chi connectivity index (χ1v) is 9.06. The monoisotopic (exact) mass is 374 g/mol. The number of nitrogens with zero attached hydrogens (tertiary/aromatic N) is 3. The summed E-state index contributed by atoms with van der Waals surface area (Å²) in [7, 11) is 0. The number of amides is 2. The van der Waals surface area contributed by atoms with Gasteiger partial charge in [0.1, 0.15) is 11.4 Å². The van der Waals surface area contributed by atoms with Crippen molar-refractivity contribution in [3.05, 3.63) is 29.5 Å². The molecule has 2 amide bonds. The van der Waals surface area contributed by atoms with Gasteiger partial charge < -0.3 is 14.4 Å². The number of fused-ring (bicyclic) bond motifs is 1. The number of hydrogen-bond acceptors (Lipinski definition) is 6. The predicted molar refractivity (Wildman–Crippen MR) is 101 cm³/mol. The molecule has 146 valence electrons.